The lowest BCUT2D eigenvalue weighted by Crippen LogP contribution is -2.50. The van der Waals surface area contributed by atoms with Crippen LogP contribution in [0.5, 0.6) is 0 Å². The Labute approximate surface area is 188 Å². The molecule has 0 aliphatic carbocycles. The largest absolute Gasteiger partial charge is 0.444 e. The summed E-state index contributed by atoms with van der Waals surface area (Å²) >= 11 is 7.08. The van der Waals surface area contributed by atoms with Crippen molar-refractivity contribution < 1.29 is 17.9 Å². The number of hydrogen-bond donors (Lipinski definition) is 0. The van der Waals surface area contributed by atoms with E-state index in [1.165, 1.54) is 4.31 Å². The highest BCUT2D eigenvalue weighted by atomic mass is 35.5. The number of sulfonamides is 1. The Bertz CT molecular complexity index is 1290. The van der Waals surface area contributed by atoms with Gasteiger partial charge in [-0.25, -0.2) is 13.2 Å². The molecule has 1 saturated heterocycles. The van der Waals surface area contributed by atoms with E-state index in [4.69, 9.17) is 16.3 Å². The normalized spacial score (nSPS) is 18.3. The number of piperidine rings is 1. The van der Waals surface area contributed by atoms with Gasteiger partial charge in [0.25, 0.3) is 0 Å². The molecule has 0 spiro atoms. The van der Waals surface area contributed by atoms with Crippen molar-refractivity contribution in [2.24, 2.45) is 0 Å². The fraction of sp³-hybridized carbons (Fsp3) is 0.350. The monoisotopic (exact) mass is 478 g/mol. The highest BCUT2D eigenvalue weighted by Crippen LogP contribution is 2.35. The zero-order valence-electron chi connectivity index (χ0n) is 16.6. The quantitative estimate of drug-likeness (QED) is 0.565. The minimum absolute atomic E-state index is 0.156. The molecule has 0 radical (unpaired) electrons. The van der Waals surface area contributed by atoms with Crippen molar-refractivity contribution in [1.29, 1.82) is 0 Å². The fourth-order valence-corrected chi connectivity index (χ4v) is 6.90. The molecule has 3 heterocycles. The molecule has 8 nitrogen and oxygen atoms in total. The summed E-state index contributed by atoms with van der Waals surface area (Å²) in [6, 6.07) is 8.75. The van der Waals surface area contributed by atoms with Crippen LogP contribution in [0.15, 0.2) is 35.2 Å². The Kier molecular flexibility index (Phi) is 5.12. The van der Waals surface area contributed by atoms with E-state index in [-0.39, 0.29) is 17.5 Å². The topological polar surface area (TPSA) is 92.7 Å². The Morgan fingerprint density at radius 2 is 1.94 bits per heavy atom. The van der Waals surface area contributed by atoms with Gasteiger partial charge >= 0.3 is 6.09 Å². The minimum atomic E-state index is -3.74. The van der Waals surface area contributed by atoms with Crippen molar-refractivity contribution in [2.75, 3.05) is 18.0 Å². The van der Waals surface area contributed by atoms with Crippen LogP contribution >= 0.6 is 23.3 Å². The van der Waals surface area contributed by atoms with E-state index in [9.17, 15) is 13.2 Å². The number of ether oxygens (including phenoxy) is 1. The van der Waals surface area contributed by atoms with Crippen molar-refractivity contribution in [3.63, 3.8) is 0 Å². The summed E-state index contributed by atoms with van der Waals surface area (Å²) in [4.78, 5) is 14.4. The predicted octanol–water partition coefficient (Wildman–Crippen LogP) is 3.96. The van der Waals surface area contributed by atoms with Crippen LogP contribution in [-0.2, 0) is 21.4 Å². The standard InChI is InChI=1S/C20H19ClN4O4S2/c1-12-2-4-16-18(23-30-22-16)19(12)31(27,28)24-8-6-15(7-9-24)25-17-5-3-14(21)10-13(17)11-29-20(25)26/h2-5,10,15H,6-9,11H2,1H3. The van der Waals surface area contributed by atoms with E-state index in [0.717, 1.165) is 23.0 Å². The van der Waals surface area contributed by atoms with E-state index in [1.54, 1.807) is 36.1 Å². The maximum atomic E-state index is 13.4. The lowest BCUT2D eigenvalue weighted by molar-refractivity contribution is 0.136. The van der Waals surface area contributed by atoms with Crippen LogP contribution < -0.4 is 4.90 Å². The van der Waals surface area contributed by atoms with Crippen LogP contribution in [-0.4, -0.2) is 46.7 Å². The van der Waals surface area contributed by atoms with E-state index in [0.29, 0.717) is 47.6 Å². The molecule has 1 fully saturated rings. The number of benzene rings is 2. The first kappa shape index (κ1) is 20.6. The molecule has 1 aromatic heterocycles. The van der Waals surface area contributed by atoms with Gasteiger partial charge in [-0.05, 0) is 49.6 Å². The summed E-state index contributed by atoms with van der Waals surface area (Å²) < 4.78 is 42.1. The molecule has 0 atom stereocenters. The fourth-order valence-electron chi connectivity index (χ4n) is 4.28. The number of fused-ring (bicyclic) bond motifs is 2. The first-order valence-electron chi connectivity index (χ1n) is 9.82. The summed E-state index contributed by atoms with van der Waals surface area (Å²) in [5, 5.41) is 0.582. The molecule has 0 N–H and O–H groups in total. The molecule has 0 unspecified atom stereocenters. The third kappa shape index (κ3) is 3.47. The third-order valence-corrected chi connectivity index (χ3v) is 8.67. The molecule has 31 heavy (non-hydrogen) atoms. The van der Waals surface area contributed by atoms with E-state index < -0.39 is 16.1 Å². The number of nitrogens with zero attached hydrogens (tertiary/aromatic N) is 4. The predicted molar refractivity (Wildman–Crippen MR) is 118 cm³/mol. The number of anilines is 1. The number of carbonyl (C=O) groups excluding carboxylic acids is 1. The molecule has 5 rings (SSSR count). The summed E-state index contributed by atoms with van der Waals surface area (Å²) in [6.07, 6.45) is 0.590. The van der Waals surface area contributed by atoms with Crippen LogP contribution in [0.2, 0.25) is 5.02 Å². The van der Waals surface area contributed by atoms with Gasteiger partial charge < -0.3 is 4.74 Å². The number of halogens is 1. The molecule has 3 aromatic rings. The molecule has 0 bridgehead atoms. The van der Waals surface area contributed by atoms with Crippen molar-refractivity contribution in [3.8, 4) is 0 Å². The molecule has 162 valence electrons. The number of aryl methyl sites for hydroxylation is 1. The Balaban J connectivity index is 1.40. The second-order valence-corrected chi connectivity index (χ2v) is 10.5. The van der Waals surface area contributed by atoms with Crippen LogP contribution in [0.25, 0.3) is 11.0 Å². The maximum absolute atomic E-state index is 13.4. The first-order valence-corrected chi connectivity index (χ1v) is 12.4. The van der Waals surface area contributed by atoms with Gasteiger partial charge in [0.05, 0.1) is 17.4 Å². The van der Waals surface area contributed by atoms with Crippen molar-refractivity contribution in [1.82, 2.24) is 13.1 Å². The summed E-state index contributed by atoms with van der Waals surface area (Å²) in [5.41, 5.74) is 3.26. The van der Waals surface area contributed by atoms with Crippen molar-refractivity contribution in [3.05, 3.63) is 46.5 Å². The van der Waals surface area contributed by atoms with Crippen molar-refractivity contribution in [2.45, 2.75) is 37.3 Å². The second kappa shape index (κ2) is 7.70. The molecule has 2 aliphatic heterocycles. The van der Waals surface area contributed by atoms with Gasteiger partial charge in [0.2, 0.25) is 10.0 Å². The summed E-state index contributed by atoms with van der Waals surface area (Å²) in [6.45, 7) is 2.55. The van der Waals surface area contributed by atoms with Gasteiger partial charge in [0.15, 0.2) is 0 Å². The lowest BCUT2D eigenvalue weighted by Gasteiger charge is -2.39. The van der Waals surface area contributed by atoms with E-state index >= 15 is 0 Å². The molecule has 2 aliphatic rings. The highest BCUT2D eigenvalue weighted by Gasteiger charge is 2.38. The van der Waals surface area contributed by atoms with E-state index in [1.807, 2.05) is 6.07 Å². The van der Waals surface area contributed by atoms with Gasteiger partial charge in [-0.1, -0.05) is 17.7 Å². The molecule has 0 saturated carbocycles. The number of cyclic esters (lactones) is 1. The van der Waals surface area contributed by atoms with Gasteiger partial charge in [-0.15, -0.1) is 0 Å². The van der Waals surface area contributed by atoms with Gasteiger partial charge in [-0.3, -0.25) is 4.90 Å². The number of rotatable bonds is 3. The minimum Gasteiger partial charge on any atom is -0.444 e. The Hall–Kier alpha value is -2.27. The van der Waals surface area contributed by atoms with Gasteiger partial charge in [0, 0.05) is 29.7 Å². The highest BCUT2D eigenvalue weighted by molar-refractivity contribution is 7.89. The SMILES string of the molecule is Cc1ccc2nsnc2c1S(=O)(=O)N1CCC(N2C(=O)OCc3cc(Cl)ccc32)CC1. The van der Waals surface area contributed by atoms with Crippen LogP contribution in [0.1, 0.15) is 24.0 Å². The van der Waals surface area contributed by atoms with Crippen LogP contribution in [0.3, 0.4) is 0 Å². The van der Waals surface area contributed by atoms with Crippen LogP contribution in [0, 0.1) is 6.92 Å². The van der Waals surface area contributed by atoms with Crippen LogP contribution in [0.4, 0.5) is 10.5 Å². The second-order valence-electron chi connectivity index (χ2n) is 7.68. The summed E-state index contributed by atoms with van der Waals surface area (Å²) in [7, 11) is -3.74. The first-order chi connectivity index (χ1) is 14.9. The third-order valence-electron chi connectivity index (χ3n) is 5.81. The smallest absolute Gasteiger partial charge is 0.414 e. The molecule has 1 amide bonds. The number of aromatic nitrogens is 2. The zero-order chi connectivity index (χ0) is 21.8. The maximum Gasteiger partial charge on any atom is 0.414 e. The van der Waals surface area contributed by atoms with Gasteiger partial charge in [0.1, 0.15) is 22.5 Å². The molecular formula is C20H19ClN4O4S2. The number of carbonyl (C=O) groups is 1. The molecule has 2 aromatic carbocycles. The van der Waals surface area contributed by atoms with Gasteiger partial charge in [-0.2, -0.15) is 13.1 Å². The van der Waals surface area contributed by atoms with Crippen molar-refractivity contribution >= 4 is 56.2 Å². The Morgan fingerprint density at radius 3 is 2.71 bits per heavy atom. The Morgan fingerprint density at radius 1 is 1.16 bits per heavy atom. The molecular weight excluding hydrogens is 460 g/mol. The average molecular weight is 479 g/mol. The number of hydrogen-bond acceptors (Lipinski definition) is 7. The zero-order valence-corrected chi connectivity index (χ0v) is 19.0. The van der Waals surface area contributed by atoms with E-state index in [2.05, 4.69) is 8.75 Å². The average Bonchev–Trinajstić information content (AvgIpc) is 3.22. The lowest BCUT2D eigenvalue weighted by atomic mass is 10.0. The number of amides is 1. The molecule has 11 heteroatoms. The summed E-state index contributed by atoms with van der Waals surface area (Å²) in [5.74, 6) is 0.